The number of hydrogen-bond donors (Lipinski definition) is 1. The molecule has 1 N–H and O–H groups in total. The molecule has 1 aromatic heterocycles. The highest BCUT2D eigenvalue weighted by Crippen LogP contribution is 2.17. The fourth-order valence-corrected chi connectivity index (χ4v) is 2.71. The fraction of sp³-hybridized carbons (Fsp3) is 0.318. The Labute approximate surface area is 164 Å². The van der Waals surface area contributed by atoms with E-state index in [1.807, 2.05) is 62.4 Å². The minimum Gasteiger partial charge on any atom is -0.481 e. The second-order valence-corrected chi connectivity index (χ2v) is 6.61. The molecule has 28 heavy (non-hydrogen) atoms. The molecule has 0 radical (unpaired) electrons. The summed E-state index contributed by atoms with van der Waals surface area (Å²) in [5, 5.41) is 6.78. The van der Waals surface area contributed by atoms with Crippen LogP contribution in [0.15, 0.2) is 53.1 Å². The van der Waals surface area contributed by atoms with Gasteiger partial charge in [0.15, 0.2) is 6.10 Å². The highest BCUT2D eigenvalue weighted by molar-refractivity contribution is 5.81. The van der Waals surface area contributed by atoms with Crippen LogP contribution in [0.5, 0.6) is 5.75 Å². The van der Waals surface area contributed by atoms with E-state index in [4.69, 9.17) is 9.26 Å². The predicted octanol–water partition coefficient (Wildman–Crippen LogP) is 4.08. The third-order valence-electron chi connectivity index (χ3n) is 4.46. The first-order valence-corrected chi connectivity index (χ1v) is 9.52. The molecule has 0 aliphatic heterocycles. The van der Waals surface area contributed by atoms with Crippen LogP contribution in [0.3, 0.4) is 0 Å². The number of carbonyl (C=O) groups excluding carboxylic acids is 1. The molecule has 6 nitrogen and oxygen atoms in total. The number of rotatable bonds is 8. The molecular weight excluding hydrogens is 354 g/mol. The van der Waals surface area contributed by atoms with Gasteiger partial charge in [-0.2, -0.15) is 4.98 Å². The molecule has 0 aliphatic rings. The summed E-state index contributed by atoms with van der Waals surface area (Å²) in [5.41, 5.74) is 3.26. The van der Waals surface area contributed by atoms with Gasteiger partial charge >= 0.3 is 0 Å². The van der Waals surface area contributed by atoms with Crippen LogP contribution in [0.1, 0.15) is 37.3 Å². The Bertz CT molecular complexity index is 902. The van der Waals surface area contributed by atoms with Crippen molar-refractivity contribution in [2.45, 2.75) is 46.3 Å². The van der Waals surface area contributed by atoms with Gasteiger partial charge in [-0.3, -0.25) is 4.79 Å². The standard InChI is InChI=1S/C22H25N3O3/c1-4-16-8-12-18(13-9-16)27-19(5-2)22(26)23-14-20-24-21(25-28-20)17-10-6-15(3)7-11-17/h6-13,19H,4-5,14H2,1-3H3,(H,23,26)/t19-/m1/s1. The van der Waals surface area contributed by atoms with E-state index < -0.39 is 6.10 Å². The number of aromatic nitrogens is 2. The van der Waals surface area contributed by atoms with Crippen LogP contribution in [0.4, 0.5) is 0 Å². The summed E-state index contributed by atoms with van der Waals surface area (Å²) in [4.78, 5) is 16.8. The molecule has 1 heterocycles. The maximum atomic E-state index is 12.5. The summed E-state index contributed by atoms with van der Waals surface area (Å²) in [7, 11) is 0. The van der Waals surface area contributed by atoms with Gasteiger partial charge in [-0.15, -0.1) is 0 Å². The summed E-state index contributed by atoms with van der Waals surface area (Å²) >= 11 is 0. The highest BCUT2D eigenvalue weighted by atomic mass is 16.5. The SMILES string of the molecule is CCc1ccc(O[C@H](CC)C(=O)NCc2nc(-c3ccc(C)cc3)no2)cc1. The maximum Gasteiger partial charge on any atom is 0.261 e. The van der Waals surface area contributed by atoms with Gasteiger partial charge in [0.05, 0.1) is 6.54 Å². The summed E-state index contributed by atoms with van der Waals surface area (Å²) in [5.74, 6) is 1.32. The normalized spacial score (nSPS) is 11.8. The van der Waals surface area contributed by atoms with E-state index >= 15 is 0 Å². The Morgan fingerprint density at radius 2 is 1.82 bits per heavy atom. The largest absolute Gasteiger partial charge is 0.481 e. The van der Waals surface area contributed by atoms with Gasteiger partial charge in [-0.1, -0.05) is 61.0 Å². The van der Waals surface area contributed by atoms with Crippen LogP contribution in [-0.2, 0) is 17.8 Å². The Morgan fingerprint density at radius 3 is 2.46 bits per heavy atom. The van der Waals surface area contributed by atoms with Gasteiger partial charge in [-0.05, 0) is 37.5 Å². The van der Waals surface area contributed by atoms with Crippen molar-refractivity contribution < 1.29 is 14.1 Å². The minimum atomic E-state index is -0.577. The van der Waals surface area contributed by atoms with Crippen molar-refractivity contribution >= 4 is 5.91 Å². The highest BCUT2D eigenvalue weighted by Gasteiger charge is 2.19. The topological polar surface area (TPSA) is 77.2 Å². The molecule has 1 atom stereocenters. The number of hydrogen-bond acceptors (Lipinski definition) is 5. The lowest BCUT2D eigenvalue weighted by Gasteiger charge is -2.17. The van der Waals surface area contributed by atoms with Crippen molar-refractivity contribution in [2.24, 2.45) is 0 Å². The van der Waals surface area contributed by atoms with E-state index in [0.29, 0.717) is 23.9 Å². The van der Waals surface area contributed by atoms with Gasteiger partial charge in [0.1, 0.15) is 5.75 Å². The zero-order valence-corrected chi connectivity index (χ0v) is 16.4. The van der Waals surface area contributed by atoms with Gasteiger partial charge in [0.25, 0.3) is 5.91 Å². The van der Waals surface area contributed by atoms with Crippen LogP contribution in [0.2, 0.25) is 0 Å². The summed E-state index contributed by atoms with van der Waals surface area (Å²) < 4.78 is 11.1. The first kappa shape index (κ1) is 19.6. The maximum absolute atomic E-state index is 12.5. The van der Waals surface area contributed by atoms with E-state index in [9.17, 15) is 4.79 Å². The molecule has 3 aromatic rings. The molecule has 0 bridgehead atoms. The van der Waals surface area contributed by atoms with Gasteiger partial charge in [-0.25, -0.2) is 0 Å². The first-order chi connectivity index (χ1) is 13.6. The fourth-order valence-electron chi connectivity index (χ4n) is 2.71. The number of benzene rings is 2. The summed E-state index contributed by atoms with van der Waals surface area (Å²) in [6.07, 6.45) is 0.943. The summed E-state index contributed by atoms with van der Waals surface area (Å²) in [6.45, 7) is 6.18. The number of nitrogens with zero attached hydrogens (tertiary/aromatic N) is 2. The molecule has 2 aromatic carbocycles. The second-order valence-electron chi connectivity index (χ2n) is 6.61. The van der Waals surface area contributed by atoms with E-state index in [2.05, 4.69) is 22.4 Å². The van der Waals surface area contributed by atoms with Gasteiger partial charge in [0, 0.05) is 5.56 Å². The predicted molar refractivity (Wildman–Crippen MR) is 107 cm³/mol. The van der Waals surface area contributed by atoms with Crippen LogP contribution < -0.4 is 10.1 Å². The second kappa shape index (κ2) is 9.17. The van der Waals surface area contributed by atoms with E-state index in [-0.39, 0.29) is 12.5 Å². The van der Waals surface area contributed by atoms with Crippen LogP contribution in [0.25, 0.3) is 11.4 Å². The third-order valence-corrected chi connectivity index (χ3v) is 4.46. The molecule has 0 saturated heterocycles. The number of nitrogens with one attached hydrogen (secondary N) is 1. The van der Waals surface area contributed by atoms with Gasteiger partial charge in [0.2, 0.25) is 11.7 Å². The van der Waals surface area contributed by atoms with Crippen LogP contribution in [0, 0.1) is 6.92 Å². The number of aryl methyl sites for hydroxylation is 2. The van der Waals surface area contributed by atoms with E-state index in [1.165, 1.54) is 5.56 Å². The smallest absolute Gasteiger partial charge is 0.261 e. The Balaban J connectivity index is 1.56. The number of carbonyl (C=O) groups is 1. The third kappa shape index (κ3) is 4.97. The molecule has 3 rings (SSSR count). The Morgan fingerprint density at radius 1 is 1.11 bits per heavy atom. The lowest BCUT2D eigenvalue weighted by Crippen LogP contribution is -2.37. The van der Waals surface area contributed by atoms with Crippen molar-refractivity contribution in [1.29, 1.82) is 0 Å². The average molecular weight is 379 g/mol. The number of amides is 1. The lowest BCUT2D eigenvalue weighted by molar-refractivity contribution is -0.128. The van der Waals surface area contributed by atoms with Crippen molar-refractivity contribution in [3.8, 4) is 17.1 Å². The molecule has 1 amide bonds. The zero-order valence-electron chi connectivity index (χ0n) is 16.4. The quantitative estimate of drug-likeness (QED) is 0.638. The van der Waals surface area contributed by atoms with Crippen molar-refractivity contribution in [1.82, 2.24) is 15.5 Å². The van der Waals surface area contributed by atoms with Crippen molar-refractivity contribution in [3.63, 3.8) is 0 Å². The lowest BCUT2D eigenvalue weighted by atomic mass is 10.1. The summed E-state index contributed by atoms with van der Waals surface area (Å²) in [6, 6.07) is 15.6. The van der Waals surface area contributed by atoms with Crippen LogP contribution in [-0.4, -0.2) is 22.2 Å². The molecule has 0 fully saturated rings. The average Bonchev–Trinajstić information content (AvgIpc) is 3.20. The molecule has 0 unspecified atom stereocenters. The monoisotopic (exact) mass is 379 g/mol. The van der Waals surface area contributed by atoms with E-state index in [0.717, 1.165) is 17.5 Å². The van der Waals surface area contributed by atoms with Gasteiger partial charge < -0.3 is 14.6 Å². The van der Waals surface area contributed by atoms with E-state index in [1.54, 1.807) is 0 Å². The van der Waals surface area contributed by atoms with Crippen molar-refractivity contribution in [3.05, 3.63) is 65.5 Å². The molecule has 0 aliphatic carbocycles. The zero-order chi connectivity index (χ0) is 19.9. The molecule has 0 saturated carbocycles. The molecule has 146 valence electrons. The molecule has 0 spiro atoms. The molecule has 6 heteroatoms. The Kier molecular flexibility index (Phi) is 6.42. The molecular formula is C22H25N3O3. The first-order valence-electron chi connectivity index (χ1n) is 9.52. The minimum absolute atomic E-state index is 0.159. The Hall–Kier alpha value is -3.15. The van der Waals surface area contributed by atoms with Crippen LogP contribution >= 0.6 is 0 Å². The van der Waals surface area contributed by atoms with Crippen molar-refractivity contribution in [2.75, 3.05) is 0 Å². The number of ether oxygens (including phenoxy) is 1.